The van der Waals surface area contributed by atoms with E-state index in [1.807, 2.05) is 0 Å². The number of hydrogen-bond acceptors (Lipinski definition) is 3. The number of nitrogens with two attached hydrogens (primary N) is 1. The number of hydrogen-bond donors (Lipinski definition) is 1. The van der Waals surface area contributed by atoms with Crippen LogP contribution in [-0.2, 0) is 0 Å². The molecule has 0 aromatic carbocycles. The largest absolute Gasteiger partial charge is 0.382 e. The average molecular weight is 144 g/mol. The molecule has 4 heteroatoms. The monoisotopic (exact) mass is 143 g/mol. The van der Waals surface area contributed by atoms with Crippen molar-refractivity contribution in [2.24, 2.45) is 0 Å². The molecule has 0 saturated carbocycles. The van der Waals surface area contributed by atoms with Gasteiger partial charge >= 0.3 is 0 Å². The molecule has 0 saturated heterocycles. The van der Waals surface area contributed by atoms with Gasteiger partial charge in [-0.05, 0) is 6.92 Å². The molecule has 0 fully saturated rings. The van der Waals surface area contributed by atoms with Gasteiger partial charge in [-0.3, -0.25) is 0 Å². The summed E-state index contributed by atoms with van der Waals surface area (Å²) in [5, 5.41) is 0.442. The maximum absolute atomic E-state index is 5.63. The second-order valence-corrected chi connectivity index (χ2v) is 2.04. The van der Waals surface area contributed by atoms with Crippen LogP contribution in [0, 0.1) is 6.92 Å². The highest BCUT2D eigenvalue weighted by Gasteiger charge is 1.98. The van der Waals surface area contributed by atoms with Crippen LogP contribution in [0.15, 0.2) is 6.33 Å². The number of anilines is 1. The highest BCUT2D eigenvalue weighted by Crippen LogP contribution is 2.16. The van der Waals surface area contributed by atoms with Crippen molar-refractivity contribution in [1.82, 2.24) is 9.97 Å². The Kier molecular flexibility index (Phi) is 1.53. The molecular weight excluding hydrogens is 138 g/mol. The summed E-state index contributed by atoms with van der Waals surface area (Å²) in [6, 6.07) is 0. The molecule has 0 bridgehead atoms. The SMILES string of the molecule is Cc1ncnc(N)c1Cl. The van der Waals surface area contributed by atoms with E-state index in [0.29, 0.717) is 16.5 Å². The fourth-order valence-corrected chi connectivity index (χ4v) is 0.574. The minimum Gasteiger partial charge on any atom is -0.382 e. The van der Waals surface area contributed by atoms with Crippen molar-refractivity contribution in [3.63, 3.8) is 0 Å². The summed E-state index contributed by atoms with van der Waals surface area (Å²) in [5.41, 5.74) is 6.05. The van der Waals surface area contributed by atoms with Gasteiger partial charge in [-0.2, -0.15) is 0 Å². The molecule has 0 aliphatic heterocycles. The quantitative estimate of drug-likeness (QED) is 0.590. The van der Waals surface area contributed by atoms with Gasteiger partial charge in [-0.1, -0.05) is 11.6 Å². The Bertz CT molecular complexity index is 203. The molecule has 9 heavy (non-hydrogen) atoms. The Hall–Kier alpha value is -0.830. The summed E-state index contributed by atoms with van der Waals surface area (Å²) < 4.78 is 0. The van der Waals surface area contributed by atoms with Crippen LogP contribution in [0.4, 0.5) is 5.82 Å². The Morgan fingerprint density at radius 1 is 1.56 bits per heavy atom. The number of nitrogens with zero attached hydrogens (tertiary/aromatic N) is 2. The van der Waals surface area contributed by atoms with Crippen LogP contribution in [-0.4, -0.2) is 9.97 Å². The molecule has 0 amide bonds. The third-order valence-corrected chi connectivity index (χ3v) is 1.46. The summed E-state index contributed by atoms with van der Waals surface area (Å²) in [5.74, 6) is 0.337. The summed E-state index contributed by atoms with van der Waals surface area (Å²) in [6.45, 7) is 1.78. The molecule has 2 N–H and O–H groups in total. The maximum atomic E-state index is 5.63. The van der Waals surface area contributed by atoms with Crippen molar-refractivity contribution in [2.75, 3.05) is 5.73 Å². The zero-order valence-electron chi connectivity index (χ0n) is 4.93. The van der Waals surface area contributed by atoms with Gasteiger partial charge in [0.25, 0.3) is 0 Å². The van der Waals surface area contributed by atoms with E-state index in [2.05, 4.69) is 9.97 Å². The van der Waals surface area contributed by atoms with E-state index in [1.165, 1.54) is 6.33 Å². The lowest BCUT2D eigenvalue weighted by Crippen LogP contribution is -1.94. The number of aromatic nitrogens is 2. The fourth-order valence-electron chi connectivity index (χ4n) is 0.476. The first-order valence-corrected chi connectivity index (χ1v) is 2.82. The van der Waals surface area contributed by atoms with Crippen LogP contribution in [0.2, 0.25) is 5.02 Å². The Balaban J connectivity index is 3.25. The van der Waals surface area contributed by atoms with Crippen molar-refractivity contribution >= 4 is 17.4 Å². The normalized spacial score (nSPS) is 9.56. The molecule has 1 aromatic rings. The van der Waals surface area contributed by atoms with Crippen LogP contribution >= 0.6 is 11.6 Å². The van der Waals surface area contributed by atoms with Crippen LogP contribution in [0.25, 0.3) is 0 Å². The van der Waals surface area contributed by atoms with Gasteiger partial charge in [0.05, 0.1) is 5.69 Å². The van der Waals surface area contributed by atoms with Crippen LogP contribution in [0.5, 0.6) is 0 Å². The van der Waals surface area contributed by atoms with Crippen LogP contribution in [0.1, 0.15) is 5.69 Å². The van der Waals surface area contributed by atoms with E-state index in [1.54, 1.807) is 6.92 Å². The van der Waals surface area contributed by atoms with E-state index in [4.69, 9.17) is 17.3 Å². The molecule has 0 spiro atoms. The minimum absolute atomic E-state index is 0.337. The van der Waals surface area contributed by atoms with Gasteiger partial charge in [0, 0.05) is 0 Å². The van der Waals surface area contributed by atoms with Crippen molar-refractivity contribution in [3.05, 3.63) is 17.0 Å². The zero-order valence-corrected chi connectivity index (χ0v) is 5.68. The van der Waals surface area contributed by atoms with Gasteiger partial charge in [0.1, 0.15) is 17.2 Å². The third kappa shape index (κ3) is 1.10. The maximum Gasteiger partial charge on any atom is 0.145 e. The molecule has 0 atom stereocenters. The predicted octanol–water partition coefficient (Wildman–Crippen LogP) is 1.02. The van der Waals surface area contributed by atoms with Gasteiger partial charge < -0.3 is 5.73 Å². The third-order valence-electron chi connectivity index (χ3n) is 0.991. The number of aryl methyl sites for hydroxylation is 1. The van der Waals surface area contributed by atoms with Crippen molar-refractivity contribution in [2.45, 2.75) is 6.92 Å². The van der Waals surface area contributed by atoms with Crippen LogP contribution in [0.3, 0.4) is 0 Å². The Labute approximate surface area is 57.9 Å². The number of halogens is 1. The standard InChI is InChI=1S/C5H6ClN3/c1-3-4(6)5(7)9-2-8-3/h2H,1H3,(H2,7,8,9). The lowest BCUT2D eigenvalue weighted by molar-refractivity contribution is 1.11. The molecular formula is C5H6ClN3. The lowest BCUT2D eigenvalue weighted by Gasteiger charge is -1.96. The van der Waals surface area contributed by atoms with Gasteiger partial charge in [0.2, 0.25) is 0 Å². The summed E-state index contributed by atoms with van der Waals surface area (Å²) >= 11 is 5.63. The Morgan fingerprint density at radius 2 is 2.22 bits per heavy atom. The Morgan fingerprint density at radius 3 is 2.67 bits per heavy atom. The van der Waals surface area contributed by atoms with E-state index < -0.39 is 0 Å². The van der Waals surface area contributed by atoms with Gasteiger partial charge in [0.15, 0.2) is 0 Å². The highest BCUT2D eigenvalue weighted by molar-refractivity contribution is 6.33. The second kappa shape index (κ2) is 2.19. The molecule has 1 heterocycles. The smallest absolute Gasteiger partial charge is 0.145 e. The van der Waals surface area contributed by atoms with E-state index in [9.17, 15) is 0 Å². The fraction of sp³-hybridized carbons (Fsp3) is 0.200. The summed E-state index contributed by atoms with van der Waals surface area (Å²) in [6.07, 6.45) is 1.39. The minimum atomic E-state index is 0.337. The van der Waals surface area contributed by atoms with E-state index >= 15 is 0 Å². The van der Waals surface area contributed by atoms with Crippen molar-refractivity contribution in [3.8, 4) is 0 Å². The molecule has 0 radical (unpaired) electrons. The molecule has 48 valence electrons. The van der Waals surface area contributed by atoms with E-state index in [-0.39, 0.29) is 0 Å². The van der Waals surface area contributed by atoms with Gasteiger partial charge in [-0.15, -0.1) is 0 Å². The molecule has 1 aromatic heterocycles. The van der Waals surface area contributed by atoms with Crippen molar-refractivity contribution in [1.29, 1.82) is 0 Å². The first kappa shape index (κ1) is 6.29. The first-order valence-electron chi connectivity index (χ1n) is 2.44. The average Bonchev–Trinajstić information content (AvgIpc) is 1.83. The molecule has 3 nitrogen and oxygen atoms in total. The summed E-state index contributed by atoms with van der Waals surface area (Å²) in [7, 11) is 0. The number of rotatable bonds is 0. The predicted molar refractivity (Wildman–Crippen MR) is 36.2 cm³/mol. The van der Waals surface area contributed by atoms with Crippen molar-refractivity contribution < 1.29 is 0 Å². The first-order chi connectivity index (χ1) is 4.22. The zero-order chi connectivity index (χ0) is 6.85. The lowest BCUT2D eigenvalue weighted by atomic mass is 10.4. The summed E-state index contributed by atoms with van der Waals surface area (Å²) in [4.78, 5) is 7.49. The molecule has 0 aliphatic carbocycles. The molecule has 0 unspecified atom stereocenters. The second-order valence-electron chi connectivity index (χ2n) is 1.66. The molecule has 1 rings (SSSR count). The highest BCUT2D eigenvalue weighted by atomic mass is 35.5. The van der Waals surface area contributed by atoms with E-state index in [0.717, 1.165) is 0 Å². The topological polar surface area (TPSA) is 51.8 Å². The van der Waals surface area contributed by atoms with Gasteiger partial charge in [-0.25, -0.2) is 9.97 Å². The number of nitrogen functional groups attached to an aromatic ring is 1. The molecule has 0 aliphatic rings. The van der Waals surface area contributed by atoms with Crippen LogP contribution < -0.4 is 5.73 Å².